The number of hydrogen-bond donors (Lipinski definition) is 0. The first kappa shape index (κ1) is 16.9. The standard InChI is InChI=1S/C18H23N5O3/c1-10-11(2)20-22(4)15(24)14(10)16(25)23-8-13-6-5-7-18(13,9-23)17-19-12(3)21-26-17/h13H,5-9H2,1-4H3/t13-,18-/m0/s1. The highest BCUT2D eigenvalue weighted by Crippen LogP contribution is 2.50. The maximum Gasteiger partial charge on any atom is 0.279 e. The number of carbonyl (C=O) groups is 1. The third-order valence-corrected chi connectivity index (χ3v) is 6.05. The van der Waals surface area contributed by atoms with Crippen molar-refractivity contribution in [3.8, 4) is 0 Å². The third-order valence-electron chi connectivity index (χ3n) is 6.05. The number of likely N-dealkylation sites (tertiary alicyclic amines) is 1. The molecule has 2 atom stereocenters. The highest BCUT2D eigenvalue weighted by Gasteiger charge is 2.55. The molecule has 1 saturated heterocycles. The van der Waals surface area contributed by atoms with Gasteiger partial charge in [-0.3, -0.25) is 9.59 Å². The summed E-state index contributed by atoms with van der Waals surface area (Å²) in [6.07, 6.45) is 3.04. The maximum absolute atomic E-state index is 13.2. The molecule has 4 rings (SSSR count). The molecule has 3 heterocycles. The van der Waals surface area contributed by atoms with Crippen LogP contribution in [0.4, 0.5) is 0 Å². The number of aryl methyl sites for hydroxylation is 3. The second kappa shape index (κ2) is 5.75. The first-order chi connectivity index (χ1) is 12.3. The fourth-order valence-corrected chi connectivity index (χ4v) is 4.55. The Bertz CT molecular complexity index is 947. The molecule has 0 aromatic carbocycles. The fourth-order valence-electron chi connectivity index (χ4n) is 4.55. The molecule has 1 aliphatic carbocycles. The second-order valence-electron chi connectivity index (χ2n) is 7.59. The van der Waals surface area contributed by atoms with Crippen molar-refractivity contribution >= 4 is 5.91 Å². The van der Waals surface area contributed by atoms with Gasteiger partial charge in [0.05, 0.1) is 11.1 Å². The van der Waals surface area contributed by atoms with Gasteiger partial charge in [0.15, 0.2) is 5.82 Å². The van der Waals surface area contributed by atoms with E-state index < -0.39 is 0 Å². The van der Waals surface area contributed by atoms with Crippen LogP contribution in [-0.4, -0.2) is 43.8 Å². The third kappa shape index (κ3) is 2.31. The number of fused-ring (bicyclic) bond motifs is 1. The Morgan fingerprint density at radius 3 is 2.77 bits per heavy atom. The van der Waals surface area contributed by atoms with Crippen molar-refractivity contribution in [3.05, 3.63) is 38.9 Å². The summed E-state index contributed by atoms with van der Waals surface area (Å²) in [6.45, 7) is 6.53. The van der Waals surface area contributed by atoms with Gasteiger partial charge in [-0.05, 0) is 45.1 Å². The topological polar surface area (TPSA) is 94.1 Å². The molecule has 1 saturated carbocycles. The summed E-state index contributed by atoms with van der Waals surface area (Å²) in [5, 5.41) is 8.11. The van der Waals surface area contributed by atoms with Crippen LogP contribution in [0.25, 0.3) is 0 Å². The van der Waals surface area contributed by atoms with Gasteiger partial charge in [-0.15, -0.1) is 0 Å². The van der Waals surface area contributed by atoms with Crippen LogP contribution < -0.4 is 5.56 Å². The normalized spacial score (nSPS) is 24.9. The summed E-state index contributed by atoms with van der Waals surface area (Å²) < 4.78 is 6.74. The van der Waals surface area contributed by atoms with Crippen LogP contribution in [0.3, 0.4) is 0 Å². The van der Waals surface area contributed by atoms with E-state index in [4.69, 9.17) is 4.52 Å². The Morgan fingerprint density at radius 2 is 2.08 bits per heavy atom. The maximum atomic E-state index is 13.2. The lowest BCUT2D eigenvalue weighted by Gasteiger charge is -2.24. The molecule has 0 radical (unpaired) electrons. The summed E-state index contributed by atoms with van der Waals surface area (Å²) in [5.74, 6) is 1.31. The highest BCUT2D eigenvalue weighted by molar-refractivity contribution is 5.95. The van der Waals surface area contributed by atoms with Gasteiger partial charge in [-0.1, -0.05) is 11.6 Å². The molecule has 0 unspecified atom stereocenters. The molecule has 0 spiro atoms. The van der Waals surface area contributed by atoms with E-state index in [2.05, 4.69) is 15.2 Å². The molecule has 2 aromatic rings. The van der Waals surface area contributed by atoms with Crippen LogP contribution >= 0.6 is 0 Å². The summed E-state index contributed by atoms with van der Waals surface area (Å²) in [4.78, 5) is 32.0. The van der Waals surface area contributed by atoms with Crippen LogP contribution in [0, 0.1) is 26.7 Å². The first-order valence-corrected chi connectivity index (χ1v) is 8.98. The molecule has 2 fully saturated rings. The van der Waals surface area contributed by atoms with Crippen LogP contribution in [0.1, 0.15) is 52.6 Å². The van der Waals surface area contributed by atoms with Crippen molar-refractivity contribution in [3.63, 3.8) is 0 Å². The smallest absolute Gasteiger partial charge is 0.279 e. The van der Waals surface area contributed by atoms with Crippen molar-refractivity contribution in [1.82, 2.24) is 24.8 Å². The Balaban J connectivity index is 1.71. The minimum atomic E-state index is -0.349. The lowest BCUT2D eigenvalue weighted by atomic mass is 9.80. The molecule has 8 heteroatoms. The minimum Gasteiger partial charge on any atom is -0.339 e. The van der Waals surface area contributed by atoms with Gasteiger partial charge in [0.1, 0.15) is 5.56 Å². The summed E-state index contributed by atoms with van der Waals surface area (Å²) in [7, 11) is 1.58. The molecule has 0 bridgehead atoms. The highest BCUT2D eigenvalue weighted by atomic mass is 16.5. The molecule has 2 aliphatic rings. The average Bonchev–Trinajstić information content (AvgIpc) is 3.26. The SMILES string of the molecule is Cc1noc([C@]23CCC[C@H]2CN(C(=O)c2c(C)c(C)nn(C)c2=O)C3)n1. The number of carbonyl (C=O) groups excluding carboxylic acids is 1. The summed E-state index contributed by atoms with van der Waals surface area (Å²) in [5.41, 5.74) is 0.933. The predicted molar refractivity (Wildman–Crippen MR) is 92.9 cm³/mol. The summed E-state index contributed by atoms with van der Waals surface area (Å²) in [6, 6.07) is 0. The van der Waals surface area contributed by atoms with E-state index in [1.165, 1.54) is 4.68 Å². The number of nitrogens with zero attached hydrogens (tertiary/aromatic N) is 5. The Hall–Kier alpha value is -2.51. The van der Waals surface area contributed by atoms with Crippen LogP contribution in [-0.2, 0) is 12.5 Å². The van der Waals surface area contributed by atoms with Crippen LogP contribution in [0.15, 0.2) is 9.32 Å². The molecule has 1 amide bonds. The van der Waals surface area contributed by atoms with Crippen molar-refractivity contribution in [1.29, 1.82) is 0 Å². The lowest BCUT2D eigenvalue weighted by Crippen LogP contribution is -2.39. The van der Waals surface area contributed by atoms with Gasteiger partial charge in [-0.2, -0.15) is 10.1 Å². The van der Waals surface area contributed by atoms with Gasteiger partial charge in [0.2, 0.25) is 5.89 Å². The second-order valence-corrected chi connectivity index (χ2v) is 7.59. The monoisotopic (exact) mass is 357 g/mol. The molecule has 1 aliphatic heterocycles. The lowest BCUT2D eigenvalue weighted by molar-refractivity contribution is 0.0771. The van der Waals surface area contributed by atoms with Crippen LogP contribution in [0.2, 0.25) is 0 Å². The van der Waals surface area contributed by atoms with E-state index in [1.807, 2.05) is 6.92 Å². The van der Waals surface area contributed by atoms with Gasteiger partial charge in [0.25, 0.3) is 11.5 Å². The molecular formula is C18H23N5O3. The fraction of sp³-hybridized carbons (Fsp3) is 0.611. The van der Waals surface area contributed by atoms with Gasteiger partial charge in [-0.25, -0.2) is 4.68 Å². The number of aromatic nitrogens is 4. The van der Waals surface area contributed by atoms with E-state index in [0.717, 1.165) is 19.3 Å². The van der Waals surface area contributed by atoms with Crippen molar-refractivity contribution in [2.24, 2.45) is 13.0 Å². The van der Waals surface area contributed by atoms with E-state index in [0.29, 0.717) is 42.0 Å². The number of amides is 1. The van der Waals surface area contributed by atoms with Gasteiger partial charge < -0.3 is 9.42 Å². The van der Waals surface area contributed by atoms with E-state index in [-0.39, 0.29) is 22.4 Å². The van der Waals surface area contributed by atoms with Gasteiger partial charge >= 0.3 is 0 Å². The van der Waals surface area contributed by atoms with E-state index >= 15 is 0 Å². The molecule has 2 aromatic heterocycles. The van der Waals surface area contributed by atoms with Crippen molar-refractivity contribution in [2.75, 3.05) is 13.1 Å². The van der Waals surface area contributed by atoms with Crippen molar-refractivity contribution < 1.29 is 9.32 Å². The quantitative estimate of drug-likeness (QED) is 0.804. The Labute approximate surface area is 151 Å². The summed E-state index contributed by atoms with van der Waals surface area (Å²) >= 11 is 0. The number of hydrogen-bond acceptors (Lipinski definition) is 6. The Morgan fingerprint density at radius 1 is 1.31 bits per heavy atom. The molecule has 138 valence electrons. The Kier molecular flexibility index (Phi) is 3.75. The zero-order chi connectivity index (χ0) is 18.6. The van der Waals surface area contributed by atoms with Crippen LogP contribution in [0.5, 0.6) is 0 Å². The largest absolute Gasteiger partial charge is 0.339 e. The zero-order valence-corrected chi connectivity index (χ0v) is 15.6. The van der Waals surface area contributed by atoms with Crippen molar-refractivity contribution in [2.45, 2.75) is 45.4 Å². The minimum absolute atomic E-state index is 0.219. The predicted octanol–water partition coefficient (Wildman–Crippen LogP) is 1.28. The molecule has 0 N–H and O–H groups in total. The first-order valence-electron chi connectivity index (χ1n) is 8.98. The van der Waals surface area contributed by atoms with E-state index in [1.54, 1.807) is 25.8 Å². The molecule has 26 heavy (non-hydrogen) atoms. The molecular weight excluding hydrogens is 334 g/mol. The average molecular weight is 357 g/mol. The zero-order valence-electron chi connectivity index (χ0n) is 15.6. The number of rotatable bonds is 2. The van der Waals surface area contributed by atoms with E-state index in [9.17, 15) is 9.59 Å². The van der Waals surface area contributed by atoms with Gasteiger partial charge in [0, 0.05) is 20.1 Å². The molecule has 8 nitrogen and oxygen atoms in total.